The van der Waals surface area contributed by atoms with Crippen molar-refractivity contribution in [1.29, 1.82) is 0 Å². The van der Waals surface area contributed by atoms with Gasteiger partial charge in [-0.25, -0.2) is 0 Å². The van der Waals surface area contributed by atoms with E-state index in [9.17, 15) is 10.1 Å². The van der Waals surface area contributed by atoms with Crippen LogP contribution in [0.25, 0.3) is 0 Å². The molecular weight excluding hydrogens is 252 g/mol. The Hall–Kier alpha value is -1.29. The van der Waals surface area contributed by atoms with E-state index in [-0.39, 0.29) is 5.69 Å². The number of nitrogens with zero attached hydrogens (tertiary/aromatic N) is 1. The molecule has 0 spiro atoms. The Labute approximate surface area is 111 Å². The lowest BCUT2D eigenvalue weighted by Gasteiger charge is -2.39. The Morgan fingerprint density at radius 2 is 2.11 bits per heavy atom. The fourth-order valence-electron chi connectivity index (χ4n) is 2.28. The summed E-state index contributed by atoms with van der Waals surface area (Å²) in [5.41, 5.74) is 0.814. The third-order valence-electron chi connectivity index (χ3n) is 3.64. The van der Waals surface area contributed by atoms with Gasteiger partial charge in [0.15, 0.2) is 0 Å². The number of nitrogens with one attached hydrogen (secondary N) is 1. The number of benzene rings is 1. The second-order valence-electron chi connectivity index (χ2n) is 5.24. The fourth-order valence-corrected chi connectivity index (χ4v) is 2.51. The highest BCUT2D eigenvalue weighted by Crippen LogP contribution is 2.37. The molecule has 5 heteroatoms. The molecule has 0 aliphatic heterocycles. The first kappa shape index (κ1) is 13.1. The largest absolute Gasteiger partial charge is 0.381 e. The van der Waals surface area contributed by atoms with Gasteiger partial charge < -0.3 is 5.32 Å². The normalized spacial score (nSPS) is 22.7. The molecule has 0 amide bonds. The van der Waals surface area contributed by atoms with E-state index >= 15 is 0 Å². The van der Waals surface area contributed by atoms with E-state index in [2.05, 4.69) is 19.2 Å². The lowest BCUT2D eigenvalue weighted by molar-refractivity contribution is -0.384. The standard InChI is InChI=1S/C13H17ClN2O2/c1-8(2)9-5-10(6-9)15-13-4-3-11(16(17)18)7-12(13)14/h3-4,7-10,15H,5-6H2,1-2H3. The number of non-ortho nitro benzene ring substituents is 1. The summed E-state index contributed by atoms with van der Waals surface area (Å²) in [7, 11) is 0. The maximum atomic E-state index is 10.6. The van der Waals surface area contributed by atoms with Crippen molar-refractivity contribution in [1.82, 2.24) is 0 Å². The maximum absolute atomic E-state index is 10.6. The quantitative estimate of drug-likeness (QED) is 0.661. The predicted molar refractivity (Wildman–Crippen MR) is 73.1 cm³/mol. The summed E-state index contributed by atoms with van der Waals surface area (Å²) >= 11 is 6.03. The summed E-state index contributed by atoms with van der Waals surface area (Å²) in [5.74, 6) is 1.50. The number of nitro benzene ring substituents is 1. The predicted octanol–water partition coefficient (Wildman–Crippen LogP) is 4.09. The number of rotatable bonds is 4. The van der Waals surface area contributed by atoms with Crippen LogP contribution >= 0.6 is 11.6 Å². The Bertz CT molecular complexity index is 456. The van der Waals surface area contributed by atoms with Crippen LogP contribution in [0.1, 0.15) is 26.7 Å². The molecule has 1 aliphatic carbocycles. The van der Waals surface area contributed by atoms with Gasteiger partial charge in [-0.2, -0.15) is 0 Å². The fraction of sp³-hybridized carbons (Fsp3) is 0.538. The Kier molecular flexibility index (Phi) is 3.76. The maximum Gasteiger partial charge on any atom is 0.271 e. The third kappa shape index (κ3) is 2.75. The average molecular weight is 269 g/mol. The molecule has 0 aromatic heterocycles. The van der Waals surface area contributed by atoms with Gasteiger partial charge in [-0.15, -0.1) is 0 Å². The van der Waals surface area contributed by atoms with Gasteiger partial charge in [-0.1, -0.05) is 25.4 Å². The summed E-state index contributed by atoms with van der Waals surface area (Å²) in [6, 6.07) is 5.00. The molecule has 1 fully saturated rings. The Morgan fingerprint density at radius 3 is 2.61 bits per heavy atom. The molecule has 0 atom stereocenters. The van der Waals surface area contributed by atoms with Gasteiger partial charge in [-0.3, -0.25) is 10.1 Å². The van der Waals surface area contributed by atoms with E-state index in [1.54, 1.807) is 6.07 Å². The van der Waals surface area contributed by atoms with Crippen molar-refractivity contribution in [2.75, 3.05) is 5.32 Å². The van der Waals surface area contributed by atoms with Crippen LogP contribution < -0.4 is 5.32 Å². The smallest absolute Gasteiger partial charge is 0.271 e. The Morgan fingerprint density at radius 1 is 1.44 bits per heavy atom. The number of halogens is 1. The second-order valence-corrected chi connectivity index (χ2v) is 5.65. The lowest BCUT2D eigenvalue weighted by atomic mass is 9.73. The van der Waals surface area contributed by atoms with Crippen LogP contribution in [0.3, 0.4) is 0 Å². The number of hydrogen-bond acceptors (Lipinski definition) is 3. The van der Waals surface area contributed by atoms with Crippen molar-refractivity contribution in [3.05, 3.63) is 33.3 Å². The summed E-state index contributed by atoms with van der Waals surface area (Å²) < 4.78 is 0. The highest BCUT2D eigenvalue weighted by molar-refractivity contribution is 6.33. The van der Waals surface area contributed by atoms with Crippen molar-refractivity contribution in [2.24, 2.45) is 11.8 Å². The molecule has 0 unspecified atom stereocenters. The number of anilines is 1. The summed E-state index contributed by atoms with van der Waals surface area (Å²) in [6.07, 6.45) is 2.29. The molecule has 98 valence electrons. The van der Waals surface area contributed by atoms with E-state index < -0.39 is 4.92 Å². The van der Waals surface area contributed by atoms with Crippen LogP contribution in [0.15, 0.2) is 18.2 Å². The molecule has 1 aromatic rings. The van der Waals surface area contributed by atoms with Crippen LogP contribution in [0.4, 0.5) is 11.4 Å². The van der Waals surface area contributed by atoms with Crippen LogP contribution in [-0.4, -0.2) is 11.0 Å². The topological polar surface area (TPSA) is 55.2 Å². The van der Waals surface area contributed by atoms with Gasteiger partial charge >= 0.3 is 0 Å². The SMILES string of the molecule is CC(C)C1CC(Nc2ccc([N+](=O)[O-])cc2Cl)C1. The van der Waals surface area contributed by atoms with Gasteiger partial charge in [0, 0.05) is 18.2 Å². The van der Waals surface area contributed by atoms with Gasteiger partial charge in [0.05, 0.1) is 15.6 Å². The molecule has 1 aromatic carbocycles. The van der Waals surface area contributed by atoms with Crippen molar-refractivity contribution < 1.29 is 4.92 Å². The van der Waals surface area contributed by atoms with Crippen LogP contribution in [0.2, 0.25) is 5.02 Å². The monoisotopic (exact) mass is 268 g/mol. The molecule has 0 radical (unpaired) electrons. The summed E-state index contributed by atoms with van der Waals surface area (Å²) in [6.45, 7) is 4.47. The molecule has 1 N–H and O–H groups in total. The van der Waals surface area contributed by atoms with Gasteiger partial charge in [-0.05, 0) is 30.7 Å². The molecule has 18 heavy (non-hydrogen) atoms. The molecule has 1 aliphatic rings. The molecule has 1 saturated carbocycles. The van der Waals surface area contributed by atoms with Crippen LogP contribution in [-0.2, 0) is 0 Å². The van der Waals surface area contributed by atoms with Crippen molar-refractivity contribution in [3.63, 3.8) is 0 Å². The minimum Gasteiger partial charge on any atom is -0.381 e. The number of nitro groups is 1. The highest BCUT2D eigenvalue weighted by Gasteiger charge is 2.31. The summed E-state index contributed by atoms with van der Waals surface area (Å²) in [5, 5.41) is 14.4. The first-order valence-electron chi connectivity index (χ1n) is 6.18. The highest BCUT2D eigenvalue weighted by atomic mass is 35.5. The van der Waals surface area contributed by atoms with Crippen molar-refractivity contribution in [2.45, 2.75) is 32.7 Å². The molecule has 0 bridgehead atoms. The second kappa shape index (κ2) is 5.14. The van der Waals surface area contributed by atoms with Crippen molar-refractivity contribution in [3.8, 4) is 0 Å². The van der Waals surface area contributed by atoms with Crippen LogP contribution in [0, 0.1) is 22.0 Å². The van der Waals surface area contributed by atoms with E-state index in [0.717, 1.165) is 30.4 Å². The number of hydrogen-bond donors (Lipinski definition) is 1. The zero-order valence-corrected chi connectivity index (χ0v) is 11.3. The van der Waals surface area contributed by atoms with Gasteiger partial charge in [0.2, 0.25) is 0 Å². The molecular formula is C13H17ClN2O2. The molecule has 0 heterocycles. The first-order valence-corrected chi connectivity index (χ1v) is 6.55. The Balaban J connectivity index is 1.97. The zero-order chi connectivity index (χ0) is 13.3. The third-order valence-corrected chi connectivity index (χ3v) is 3.95. The van der Waals surface area contributed by atoms with E-state index in [1.165, 1.54) is 12.1 Å². The van der Waals surface area contributed by atoms with E-state index in [0.29, 0.717) is 11.1 Å². The van der Waals surface area contributed by atoms with Gasteiger partial charge in [0.1, 0.15) is 0 Å². The molecule has 4 nitrogen and oxygen atoms in total. The lowest BCUT2D eigenvalue weighted by Crippen LogP contribution is -2.37. The van der Waals surface area contributed by atoms with E-state index in [4.69, 9.17) is 11.6 Å². The molecule has 2 rings (SSSR count). The zero-order valence-electron chi connectivity index (χ0n) is 10.5. The molecule has 0 saturated heterocycles. The average Bonchev–Trinajstić information content (AvgIpc) is 2.23. The minimum atomic E-state index is -0.437. The summed E-state index contributed by atoms with van der Waals surface area (Å²) in [4.78, 5) is 10.2. The first-order chi connectivity index (χ1) is 8.47. The van der Waals surface area contributed by atoms with Gasteiger partial charge in [0.25, 0.3) is 5.69 Å². The minimum absolute atomic E-state index is 0.0271. The van der Waals surface area contributed by atoms with E-state index in [1.807, 2.05) is 0 Å². The van der Waals surface area contributed by atoms with Crippen LogP contribution in [0.5, 0.6) is 0 Å². The van der Waals surface area contributed by atoms with Crippen molar-refractivity contribution >= 4 is 23.0 Å².